The first-order valence-corrected chi connectivity index (χ1v) is 13.7. The molecule has 0 saturated heterocycles. The van der Waals surface area contributed by atoms with Crippen molar-refractivity contribution in [1.82, 2.24) is 29.4 Å². The lowest BCUT2D eigenvalue weighted by molar-refractivity contribution is -0.113. The number of halogens is 1. The number of hydrogen-bond acceptors (Lipinski definition) is 9. The molecule has 0 aliphatic heterocycles. The van der Waals surface area contributed by atoms with Crippen molar-refractivity contribution in [2.24, 2.45) is 0 Å². The number of aromatic nitrogens is 6. The molecule has 11 nitrogen and oxygen atoms in total. The Morgan fingerprint density at radius 1 is 0.975 bits per heavy atom. The minimum atomic E-state index is -0.252. The predicted molar refractivity (Wildman–Crippen MR) is 154 cm³/mol. The van der Waals surface area contributed by atoms with E-state index in [9.17, 15) is 4.79 Å². The molecular weight excluding hydrogens is 554 g/mol. The number of thioether (sulfide) groups is 1. The number of amides is 1. The zero-order valence-electron chi connectivity index (χ0n) is 22.7. The number of hydrogen-bond donors (Lipinski definition) is 1. The highest BCUT2D eigenvalue weighted by Gasteiger charge is 2.19. The number of benzene rings is 2. The zero-order chi connectivity index (χ0) is 28.4. The molecule has 0 atom stereocenters. The van der Waals surface area contributed by atoms with E-state index in [1.165, 1.54) is 18.9 Å². The Morgan fingerprint density at radius 3 is 2.42 bits per heavy atom. The van der Waals surface area contributed by atoms with Gasteiger partial charge in [0.2, 0.25) is 5.91 Å². The second kappa shape index (κ2) is 11.6. The van der Waals surface area contributed by atoms with Gasteiger partial charge in [-0.05, 0) is 44.2 Å². The first kappa shape index (κ1) is 27.5. The van der Waals surface area contributed by atoms with Crippen LogP contribution in [-0.4, -0.2) is 62.4 Å². The molecule has 3 heterocycles. The van der Waals surface area contributed by atoms with Crippen molar-refractivity contribution in [2.45, 2.75) is 32.0 Å². The first-order chi connectivity index (χ1) is 19.3. The lowest BCUT2D eigenvalue weighted by Gasteiger charge is -2.12. The molecule has 5 aromatic rings. The van der Waals surface area contributed by atoms with Gasteiger partial charge in [-0.25, -0.2) is 9.97 Å². The summed E-state index contributed by atoms with van der Waals surface area (Å²) in [6.45, 7) is 4.62. The molecule has 0 spiro atoms. The van der Waals surface area contributed by atoms with Gasteiger partial charge in [0, 0.05) is 35.1 Å². The van der Waals surface area contributed by atoms with Crippen LogP contribution in [0.1, 0.15) is 17.2 Å². The van der Waals surface area contributed by atoms with Crippen molar-refractivity contribution < 1.29 is 19.0 Å². The maximum absolute atomic E-state index is 12.9. The minimum Gasteiger partial charge on any atom is -0.495 e. The third-order valence-electron chi connectivity index (χ3n) is 6.21. The molecule has 5 rings (SSSR count). The topological polar surface area (TPSA) is 118 Å². The van der Waals surface area contributed by atoms with Gasteiger partial charge >= 0.3 is 0 Å². The van der Waals surface area contributed by atoms with E-state index in [2.05, 4.69) is 10.4 Å². The van der Waals surface area contributed by atoms with Crippen molar-refractivity contribution >= 4 is 51.5 Å². The van der Waals surface area contributed by atoms with Crippen LogP contribution in [0.2, 0.25) is 5.02 Å². The van der Waals surface area contributed by atoms with Gasteiger partial charge in [-0.1, -0.05) is 23.4 Å². The molecule has 3 aromatic heterocycles. The van der Waals surface area contributed by atoms with Crippen LogP contribution in [0.3, 0.4) is 0 Å². The quantitative estimate of drug-likeness (QED) is 0.184. The number of nitrogens with one attached hydrogen (secondary N) is 1. The van der Waals surface area contributed by atoms with E-state index in [1.54, 1.807) is 43.0 Å². The highest BCUT2D eigenvalue weighted by atomic mass is 35.5. The molecule has 1 amide bonds. The van der Waals surface area contributed by atoms with Crippen LogP contribution in [0.4, 0.5) is 5.69 Å². The van der Waals surface area contributed by atoms with Crippen LogP contribution in [0.15, 0.2) is 41.6 Å². The molecule has 0 fully saturated rings. The molecule has 0 saturated carbocycles. The largest absolute Gasteiger partial charge is 0.495 e. The number of ether oxygens (including phenoxy) is 3. The molecule has 13 heteroatoms. The van der Waals surface area contributed by atoms with E-state index in [1.807, 2.05) is 30.7 Å². The van der Waals surface area contributed by atoms with Gasteiger partial charge < -0.3 is 19.5 Å². The van der Waals surface area contributed by atoms with Crippen LogP contribution in [0.5, 0.6) is 17.2 Å². The SMILES string of the molecule is COc1ccc(Cl)cc1NC(=O)CSc1nc2cc(OC)c(OC)cc2c2nc(CCn3nc(C)cc3C)nn12. The van der Waals surface area contributed by atoms with Crippen molar-refractivity contribution in [3.05, 3.63) is 58.6 Å². The second-order valence-corrected chi connectivity index (χ2v) is 10.3. The number of nitrogens with zero attached hydrogens (tertiary/aromatic N) is 6. The summed E-state index contributed by atoms with van der Waals surface area (Å²) in [5, 5.41) is 13.9. The average Bonchev–Trinajstić information content (AvgIpc) is 3.52. The van der Waals surface area contributed by atoms with Crippen molar-refractivity contribution in [3.63, 3.8) is 0 Å². The summed E-state index contributed by atoms with van der Waals surface area (Å²) in [6, 6.07) is 10.7. The average molecular weight is 582 g/mol. The molecule has 0 aliphatic carbocycles. The van der Waals surface area contributed by atoms with Crippen molar-refractivity contribution in [1.29, 1.82) is 0 Å². The molecule has 40 heavy (non-hydrogen) atoms. The minimum absolute atomic E-state index is 0.0670. The van der Waals surface area contributed by atoms with Crippen molar-refractivity contribution in [2.75, 3.05) is 32.4 Å². The van der Waals surface area contributed by atoms with Crippen LogP contribution >= 0.6 is 23.4 Å². The first-order valence-electron chi connectivity index (χ1n) is 12.4. The maximum atomic E-state index is 12.9. The Balaban J connectivity index is 1.47. The summed E-state index contributed by atoms with van der Waals surface area (Å²) < 4.78 is 19.9. The monoisotopic (exact) mass is 581 g/mol. The highest BCUT2D eigenvalue weighted by Crippen LogP contribution is 2.34. The standard InChI is InChI=1S/C27H28ClN7O4S/c1-15-10-16(2)34(32-15)9-8-24-31-26-18-12-22(38-4)23(39-5)13-19(18)30-27(35(26)33-24)40-14-25(36)29-20-11-17(28)6-7-21(20)37-3/h6-7,10-13H,8-9,14H2,1-5H3,(H,29,36). The normalized spacial score (nSPS) is 11.2. The molecule has 0 bridgehead atoms. The number of fused-ring (bicyclic) bond motifs is 3. The lowest BCUT2D eigenvalue weighted by atomic mass is 10.2. The number of methoxy groups -OCH3 is 3. The van der Waals surface area contributed by atoms with E-state index < -0.39 is 0 Å². The number of carbonyl (C=O) groups excluding carboxylic acids is 1. The van der Waals surface area contributed by atoms with Crippen LogP contribution in [0.25, 0.3) is 16.6 Å². The predicted octanol–water partition coefficient (Wildman–Crippen LogP) is 4.74. The smallest absolute Gasteiger partial charge is 0.234 e. The van der Waals surface area contributed by atoms with E-state index in [4.69, 9.17) is 40.9 Å². The zero-order valence-corrected chi connectivity index (χ0v) is 24.3. The van der Waals surface area contributed by atoms with Crippen LogP contribution in [-0.2, 0) is 17.8 Å². The molecule has 0 unspecified atom stereocenters. The Bertz CT molecular complexity index is 1720. The highest BCUT2D eigenvalue weighted by molar-refractivity contribution is 7.99. The number of rotatable bonds is 10. The molecule has 1 N–H and O–H groups in total. The van der Waals surface area contributed by atoms with Gasteiger partial charge in [0.05, 0.1) is 44.0 Å². The third-order valence-corrected chi connectivity index (χ3v) is 7.37. The van der Waals surface area contributed by atoms with Crippen LogP contribution in [0, 0.1) is 13.8 Å². The molecule has 0 radical (unpaired) electrons. The fourth-order valence-corrected chi connectivity index (χ4v) is 5.27. The van der Waals surface area contributed by atoms with Gasteiger partial charge in [0.1, 0.15) is 5.75 Å². The fourth-order valence-electron chi connectivity index (χ4n) is 4.35. The number of carbonyl (C=O) groups is 1. The molecular formula is C27H28ClN7O4S. The summed E-state index contributed by atoms with van der Waals surface area (Å²) in [5.74, 6) is 2.05. The van der Waals surface area contributed by atoms with E-state index in [-0.39, 0.29) is 11.7 Å². The number of aryl methyl sites for hydroxylation is 4. The Kier molecular flexibility index (Phi) is 7.99. The third kappa shape index (κ3) is 5.63. The summed E-state index contributed by atoms with van der Waals surface area (Å²) in [4.78, 5) is 22.5. The summed E-state index contributed by atoms with van der Waals surface area (Å²) in [5.41, 5.74) is 3.77. The summed E-state index contributed by atoms with van der Waals surface area (Å²) in [6.07, 6.45) is 0.567. The number of anilines is 1. The van der Waals surface area contributed by atoms with Crippen LogP contribution < -0.4 is 19.5 Å². The Labute approximate surface area is 239 Å². The van der Waals surface area contributed by atoms with Gasteiger partial charge in [-0.15, -0.1) is 5.10 Å². The fraction of sp³-hybridized carbons (Fsp3) is 0.296. The van der Waals surface area contributed by atoms with E-state index in [0.29, 0.717) is 63.1 Å². The lowest BCUT2D eigenvalue weighted by Crippen LogP contribution is -2.15. The Hall–Kier alpha value is -4.03. The van der Waals surface area contributed by atoms with Gasteiger partial charge in [0.15, 0.2) is 28.1 Å². The van der Waals surface area contributed by atoms with Gasteiger partial charge in [0.25, 0.3) is 0 Å². The molecule has 2 aromatic carbocycles. The van der Waals surface area contributed by atoms with E-state index >= 15 is 0 Å². The summed E-state index contributed by atoms with van der Waals surface area (Å²) in [7, 11) is 4.68. The summed E-state index contributed by atoms with van der Waals surface area (Å²) >= 11 is 7.35. The van der Waals surface area contributed by atoms with Gasteiger partial charge in [-0.2, -0.15) is 9.61 Å². The Morgan fingerprint density at radius 2 is 1.73 bits per heavy atom. The molecule has 0 aliphatic rings. The van der Waals surface area contributed by atoms with Crippen molar-refractivity contribution in [3.8, 4) is 17.2 Å². The van der Waals surface area contributed by atoms with Gasteiger partial charge in [-0.3, -0.25) is 9.48 Å². The van der Waals surface area contributed by atoms with E-state index in [0.717, 1.165) is 16.8 Å². The maximum Gasteiger partial charge on any atom is 0.234 e. The molecule has 208 valence electrons. The second-order valence-electron chi connectivity index (χ2n) is 8.96.